The SMILES string of the molecule is CCCCc1ccc(NC(=O)c2cccc(N)c2)cc1. The highest BCUT2D eigenvalue weighted by molar-refractivity contribution is 6.04. The fourth-order valence-electron chi connectivity index (χ4n) is 2.02. The summed E-state index contributed by atoms with van der Waals surface area (Å²) in [5, 5.41) is 2.87. The Hall–Kier alpha value is -2.29. The normalized spacial score (nSPS) is 10.2. The van der Waals surface area contributed by atoms with Crippen LogP contribution in [0, 0.1) is 0 Å². The zero-order valence-electron chi connectivity index (χ0n) is 11.7. The molecule has 0 unspecified atom stereocenters. The van der Waals surface area contributed by atoms with E-state index in [4.69, 9.17) is 5.73 Å². The first-order valence-electron chi connectivity index (χ1n) is 6.95. The predicted octanol–water partition coefficient (Wildman–Crippen LogP) is 3.86. The van der Waals surface area contributed by atoms with Crippen molar-refractivity contribution in [3.8, 4) is 0 Å². The molecule has 0 fully saturated rings. The van der Waals surface area contributed by atoms with Gasteiger partial charge in [-0.2, -0.15) is 0 Å². The minimum Gasteiger partial charge on any atom is -0.399 e. The zero-order valence-corrected chi connectivity index (χ0v) is 11.7. The van der Waals surface area contributed by atoms with Crippen molar-refractivity contribution in [2.45, 2.75) is 26.2 Å². The number of carbonyl (C=O) groups excluding carboxylic acids is 1. The number of benzene rings is 2. The summed E-state index contributed by atoms with van der Waals surface area (Å²) >= 11 is 0. The lowest BCUT2D eigenvalue weighted by Crippen LogP contribution is -2.12. The molecule has 0 radical (unpaired) electrons. The number of nitrogens with one attached hydrogen (secondary N) is 1. The van der Waals surface area contributed by atoms with Gasteiger partial charge in [0.1, 0.15) is 0 Å². The van der Waals surface area contributed by atoms with Crippen LogP contribution in [0.5, 0.6) is 0 Å². The molecular formula is C17H20N2O. The van der Waals surface area contributed by atoms with Crippen LogP contribution in [0.4, 0.5) is 11.4 Å². The third-order valence-electron chi connectivity index (χ3n) is 3.18. The van der Waals surface area contributed by atoms with Gasteiger partial charge in [0.25, 0.3) is 5.91 Å². The van der Waals surface area contributed by atoms with E-state index in [-0.39, 0.29) is 5.91 Å². The van der Waals surface area contributed by atoms with Crippen molar-refractivity contribution >= 4 is 17.3 Å². The first kappa shape index (κ1) is 14.1. The molecule has 0 saturated heterocycles. The summed E-state index contributed by atoms with van der Waals surface area (Å²) < 4.78 is 0. The van der Waals surface area contributed by atoms with Crippen LogP contribution in [0.15, 0.2) is 48.5 Å². The zero-order chi connectivity index (χ0) is 14.4. The number of nitrogen functional groups attached to an aromatic ring is 1. The predicted molar refractivity (Wildman–Crippen MR) is 83.9 cm³/mol. The van der Waals surface area contributed by atoms with E-state index in [1.54, 1.807) is 24.3 Å². The number of hydrogen-bond acceptors (Lipinski definition) is 2. The number of hydrogen-bond donors (Lipinski definition) is 2. The standard InChI is InChI=1S/C17H20N2O/c1-2-3-5-13-8-10-16(11-9-13)19-17(20)14-6-4-7-15(18)12-14/h4,6-12H,2-3,5,18H2,1H3,(H,19,20). The van der Waals surface area contributed by atoms with Gasteiger partial charge in [-0.1, -0.05) is 31.5 Å². The van der Waals surface area contributed by atoms with Crippen molar-refractivity contribution < 1.29 is 4.79 Å². The topological polar surface area (TPSA) is 55.1 Å². The van der Waals surface area contributed by atoms with Crippen molar-refractivity contribution in [3.05, 3.63) is 59.7 Å². The van der Waals surface area contributed by atoms with Gasteiger partial charge < -0.3 is 11.1 Å². The third-order valence-corrected chi connectivity index (χ3v) is 3.18. The van der Waals surface area contributed by atoms with Crippen LogP contribution < -0.4 is 11.1 Å². The Morgan fingerprint density at radius 3 is 2.55 bits per heavy atom. The van der Waals surface area contributed by atoms with Gasteiger partial charge in [-0.05, 0) is 48.7 Å². The van der Waals surface area contributed by atoms with Crippen molar-refractivity contribution in [3.63, 3.8) is 0 Å². The minimum atomic E-state index is -0.140. The van der Waals surface area contributed by atoms with Crippen LogP contribution in [0.1, 0.15) is 35.7 Å². The summed E-state index contributed by atoms with van der Waals surface area (Å²) in [5.41, 5.74) is 8.94. The molecule has 0 bridgehead atoms. The van der Waals surface area contributed by atoms with Crippen LogP contribution in [-0.2, 0) is 6.42 Å². The van der Waals surface area contributed by atoms with E-state index in [1.807, 2.05) is 12.1 Å². The van der Waals surface area contributed by atoms with E-state index in [0.29, 0.717) is 11.3 Å². The van der Waals surface area contributed by atoms with Gasteiger partial charge in [-0.15, -0.1) is 0 Å². The lowest BCUT2D eigenvalue weighted by atomic mass is 10.1. The van der Waals surface area contributed by atoms with Crippen molar-refractivity contribution in [1.29, 1.82) is 0 Å². The Morgan fingerprint density at radius 1 is 1.15 bits per heavy atom. The molecule has 20 heavy (non-hydrogen) atoms. The first-order chi connectivity index (χ1) is 9.69. The maximum Gasteiger partial charge on any atom is 0.255 e. The number of rotatable bonds is 5. The van der Waals surface area contributed by atoms with Crippen LogP contribution >= 0.6 is 0 Å². The summed E-state index contributed by atoms with van der Waals surface area (Å²) in [4.78, 5) is 12.1. The summed E-state index contributed by atoms with van der Waals surface area (Å²) in [6.07, 6.45) is 3.46. The molecule has 3 N–H and O–H groups in total. The summed E-state index contributed by atoms with van der Waals surface area (Å²) in [5.74, 6) is -0.140. The molecule has 3 heteroatoms. The molecule has 3 nitrogen and oxygen atoms in total. The van der Waals surface area contributed by atoms with Gasteiger partial charge in [-0.25, -0.2) is 0 Å². The molecule has 2 aromatic carbocycles. The lowest BCUT2D eigenvalue weighted by molar-refractivity contribution is 0.102. The Labute approximate surface area is 119 Å². The van der Waals surface area contributed by atoms with Crippen LogP contribution in [0.3, 0.4) is 0 Å². The molecule has 0 aliphatic carbocycles. The van der Waals surface area contributed by atoms with E-state index in [0.717, 1.165) is 12.1 Å². The second-order valence-electron chi connectivity index (χ2n) is 4.88. The highest BCUT2D eigenvalue weighted by Gasteiger charge is 2.06. The van der Waals surface area contributed by atoms with Gasteiger partial charge >= 0.3 is 0 Å². The highest BCUT2D eigenvalue weighted by atomic mass is 16.1. The second kappa shape index (κ2) is 6.75. The second-order valence-corrected chi connectivity index (χ2v) is 4.88. The van der Waals surface area contributed by atoms with Crippen molar-refractivity contribution in [2.24, 2.45) is 0 Å². The molecule has 1 amide bonds. The molecular weight excluding hydrogens is 248 g/mol. The number of nitrogens with two attached hydrogens (primary N) is 1. The summed E-state index contributed by atoms with van der Waals surface area (Å²) in [7, 11) is 0. The molecule has 0 aliphatic heterocycles. The monoisotopic (exact) mass is 268 g/mol. The Kier molecular flexibility index (Phi) is 4.77. The molecule has 2 rings (SSSR count). The van der Waals surface area contributed by atoms with E-state index >= 15 is 0 Å². The number of carbonyl (C=O) groups is 1. The third kappa shape index (κ3) is 3.85. The highest BCUT2D eigenvalue weighted by Crippen LogP contribution is 2.14. The number of amides is 1. The molecule has 2 aromatic rings. The average Bonchev–Trinajstić information content (AvgIpc) is 2.46. The van der Waals surface area contributed by atoms with Crippen LogP contribution in [0.25, 0.3) is 0 Å². The lowest BCUT2D eigenvalue weighted by Gasteiger charge is -2.07. The van der Waals surface area contributed by atoms with Gasteiger partial charge in [0, 0.05) is 16.9 Å². The van der Waals surface area contributed by atoms with E-state index in [2.05, 4.69) is 24.4 Å². The van der Waals surface area contributed by atoms with E-state index in [9.17, 15) is 4.79 Å². The quantitative estimate of drug-likeness (QED) is 0.809. The summed E-state index contributed by atoms with van der Waals surface area (Å²) in [6.45, 7) is 2.18. The number of aryl methyl sites for hydroxylation is 1. The van der Waals surface area contributed by atoms with Gasteiger partial charge in [-0.3, -0.25) is 4.79 Å². The minimum absolute atomic E-state index is 0.140. The molecule has 0 atom stereocenters. The van der Waals surface area contributed by atoms with Crippen molar-refractivity contribution in [2.75, 3.05) is 11.1 Å². The maximum absolute atomic E-state index is 12.1. The number of anilines is 2. The Morgan fingerprint density at radius 2 is 1.90 bits per heavy atom. The molecule has 0 aromatic heterocycles. The summed E-state index contributed by atoms with van der Waals surface area (Å²) in [6, 6.07) is 15.0. The van der Waals surface area contributed by atoms with Crippen molar-refractivity contribution in [1.82, 2.24) is 0 Å². The van der Waals surface area contributed by atoms with E-state index < -0.39 is 0 Å². The van der Waals surface area contributed by atoms with Gasteiger partial charge in [0.15, 0.2) is 0 Å². The van der Waals surface area contributed by atoms with E-state index in [1.165, 1.54) is 18.4 Å². The Bertz CT molecular complexity index is 576. The maximum atomic E-state index is 12.1. The fraction of sp³-hybridized carbons (Fsp3) is 0.235. The first-order valence-corrected chi connectivity index (χ1v) is 6.95. The fourth-order valence-corrected chi connectivity index (χ4v) is 2.02. The smallest absolute Gasteiger partial charge is 0.255 e. The van der Waals surface area contributed by atoms with Crippen LogP contribution in [0.2, 0.25) is 0 Å². The van der Waals surface area contributed by atoms with Gasteiger partial charge in [0.2, 0.25) is 0 Å². The average molecular weight is 268 g/mol. The molecule has 0 aliphatic rings. The molecule has 0 heterocycles. The molecule has 0 spiro atoms. The van der Waals surface area contributed by atoms with Gasteiger partial charge in [0.05, 0.1) is 0 Å². The van der Waals surface area contributed by atoms with Crippen LogP contribution in [-0.4, -0.2) is 5.91 Å². The largest absolute Gasteiger partial charge is 0.399 e. The number of unbranched alkanes of at least 4 members (excludes halogenated alkanes) is 1. The Balaban J connectivity index is 2.01. The molecule has 104 valence electrons. The molecule has 0 saturated carbocycles.